The lowest BCUT2D eigenvalue weighted by molar-refractivity contribution is 0.0540. The van der Waals surface area contributed by atoms with Gasteiger partial charge in [0, 0.05) is 26.2 Å². The molecule has 0 radical (unpaired) electrons. The van der Waals surface area contributed by atoms with E-state index in [-0.39, 0.29) is 23.5 Å². The van der Waals surface area contributed by atoms with Crippen LogP contribution in [0, 0.1) is 6.92 Å². The first-order valence-electron chi connectivity index (χ1n) is 9.10. The zero-order valence-corrected chi connectivity index (χ0v) is 17.3. The molecular weight excluding hydrogens is 410 g/mol. The molecule has 1 fully saturated rings. The number of nitrogens with zero attached hydrogens (tertiary/aromatic N) is 2. The van der Waals surface area contributed by atoms with Crippen LogP contribution in [0.3, 0.4) is 0 Å². The second-order valence-electron chi connectivity index (χ2n) is 6.62. The van der Waals surface area contributed by atoms with E-state index in [0.29, 0.717) is 36.1 Å². The lowest BCUT2D eigenvalue weighted by Crippen LogP contribution is -2.50. The van der Waals surface area contributed by atoms with E-state index in [9.17, 15) is 14.4 Å². The fourth-order valence-corrected chi connectivity index (χ4v) is 4.88. The van der Waals surface area contributed by atoms with Crippen LogP contribution in [-0.2, 0) is 0 Å². The van der Waals surface area contributed by atoms with Crippen LogP contribution in [0.5, 0.6) is 0 Å². The van der Waals surface area contributed by atoms with Gasteiger partial charge in [-0.2, -0.15) is 0 Å². The Morgan fingerprint density at radius 2 is 1.76 bits per heavy atom. The molecular formula is C20H19N3O4S2. The third-order valence-corrected chi connectivity index (χ3v) is 6.68. The van der Waals surface area contributed by atoms with E-state index in [2.05, 4.69) is 5.32 Å². The van der Waals surface area contributed by atoms with Crippen molar-refractivity contribution in [2.24, 2.45) is 0 Å². The molecule has 29 heavy (non-hydrogen) atoms. The van der Waals surface area contributed by atoms with Gasteiger partial charge >= 0.3 is 0 Å². The molecule has 9 heteroatoms. The molecule has 1 saturated heterocycles. The van der Waals surface area contributed by atoms with Crippen LogP contribution in [-0.4, -0.2) is 53.7 Å². The SMILES string of the molecule is Cc1cc(NC(=O)c2ccco2)sc1C(=O)N1CCN(C(=O)c2cccs2)CC1. The van der Waals surface area contributed by atoms with Gasteiger partial charge in [0.2, 0.25) is 0 Å². The second kappa shape index (κ2) is 8.22. The van der Waals surface area contributed by atoms with Crippen molar-refractivity contribution < 1.29 is 18.8 Å². The van der Waals surface area contributed by atoms with Gasteiger partial charge in [-0.25, -0.2) is 0 Å². The van der Waals surface area contributed by atoms with Crippen LogP contribution in [0.1, 0.15) is 35.5 Å². The third kappa shape index (κ3) is 4.10. The Balaban J connectivity index is 1.38. The first-order valence-corrected chi connectivity index (χ1v) is 10.8. The largest absolute Gasteiger partial charge is 0.459 e. The summed E-state index contributed by atoms with van der Waals surface area (Å²) >= 11 is 2.67. The van der Waals surface area contributed by atoms with Crippen molar-refractivity contribution >= 4 is 45.4 Å². The average Bonchev–Trinajstić information content (AvgIpc) is 3.49. The van der Waals surface area contributed by atoms with E-state index >= 15 is 0 Å². The van der Waals surface area contributed by atoms with Gasteiger partial charge in [0.15, 0.2) is 5.76 Å². The molecule has 3 amide bonds. The standard InChI is InChI=1S/C20H19N3O4S2/c1-13-12-16(21-18(24)14-4-2-10-27-14)29-17(13)20(26)23-8-6-22(7-9-23)19(25)15-5-3-11-28-15/h2-5,10-12H,6-9H2,1H3,(H,21,24). The summed E-state index contributed by atoms with van der Waals surface area (Å²) in [6, 6.07) is 8.69. The normalized spacial score (nSPS) is 14.1. The molecule has 0 unspecified atom stereocenters. The highest BCUT2D eigenvalue weighted by Crippen LogP contribution is 2.29. The number of anilines is 1. The highest BCUT2D eigenvalue weighted by Gasteiger charge is 2.27. The number of amides is 3. The number of hydrogen-bond acceptors (Lipinski definition) is 6. The van der Waals surface area contributed by atoms with Gasteiger partial charge in [0.1, 0.15) is 0 Å². The second-order valence-corrected chi connectivity index (χ2v) is 8.62. The Morgan fingerprint density at radius 1 is 1.03 bits per heavy atom. The summed E-state index contributed by atoms with van der Waals surface area (Å²) in [6.45, 7) is 3.84. The Hall–Kier alpha value is -2.91. The number of thiophene rings is 2. The molecule has 0 spiro atoms. The monoisotopic (exact) mass is 429 g/mol. The Bertz CT molecular complexity index is 1020. The number of rotatable bonds is 4. The molecule has 0 bridgehead atoms. The zero-order valence-electron chi connectivity index (χ0n) is 15.7. The van der Waals surface area contributed by atoms with Crippen LogP contribution >= 0.6 is 22.7 Å². The van der Waals surface area contributed by atoms with E-state index in [1.807, 2.05) is 24.4 Å². The summed E-state index contributed by atoms with van der Waals surface area (Å²) in [5, 5.41) is 5.24. The molecule has 7 nitrogen and oxygen atoms in total. The van der Waals surface area contributed by atoms with Gasteiger partial charge in [-0.3, -0.25) is 14.4 Å². The van der Waals surface area contributed by atoms with Gasteiger partial charge in [0.05, 0.1) is 21.0 Å². The van der Waals surface area contributed by atoms with Crippen molar-refractivity contribution in [1.82, 2.24) is 9.80 Å². The number of piperazine rings is 1. The molecule has 1 aliphatic heterocycles. The van der Waals surface area contributed by atoms with E-state index in [4.69, 9.17) is 4.42 Å². The van der Waals surface area contributed by atoms with E-state index < -0.39 is 0 Å². The molecule has 4 heterocycles. The van der Waals surface area contributed by atoms with Crippen LogP contribution in [0.4, 0.5) is 5.00 Å². The molecule has 1 N–H and O–H groups in total. The van der Waals surface area contributed by atoms with Crippen molar-refractivity contribution in [2.45, 2.75) is 6.92 Å². The summed E-state index contributed by atoms with van der Waals surface area (Å²) in [5.74, 6) is -0.192. The summed E-state index contributed by atoms with van der Waals surface area (Å²) in [4.78, 5) is 42.4. The molecule has 3 aromatic heterocycles. The van der Waals surface area contributed by atoms with Crippen molar-refractivity contribution in [3.8, 4) is 0 Å². The van der Waals surface area contributed by atoms with E-state index in [1.54, 1.807) is 28.0 Å². The van der Waals surface area contributed by atoms with Crippen molar-refractivity contribution in [3.05, 3.63) is 63.1 Å². The molecule has 0 saturated carbocycles. The quantitative estimate of drug-likeness (QED) is 0.687. The van der Waals surface area contributed by atoms with E-state index in [1.165, 1.54) is 28.9 Å². The number of carbonyl (C=O) groups excluding carboxylic acids is 3. The molecule has 150 valence electrons. The predicted molar refractivity (Wildman–Crippen MR) is 112 cm³/mol. The first kappa shape index (κ1) is 19.4. The highest BCUT2D eigenvalue weighted by molar-refractivity contribution is 7.18. The van der Waals surface area contributed by atoms with Crippen LogP contribution in [0.15, 0.2) is 46.4 Å². The Labute approximate surface area is 175 Å². The predicted octanol–water partition coefficient (Wildman–Crippen LogP) is 3.56. The van der Waals surface area contributed by atoms with Crippen LogP contribution < -0.4 is 5.32 Å². The molecule has 4 rings (SSSR count). The molecule has 0 atom stereocenters. The molecule has 0 aliphatic carbocycles. The van der Waals surface area contributed by atoms with Crippen LogP contribution in [0.2, 0.25) is 0 Å². The fraction of sp³-hybridized carbons (Fsp3) is 0.250. The minimum absolute atomic E-state index is 0.0160. The maximum absolute atomic E-state index is 13.0. The van der Waals surface area contributed by atoms with Crippen molar-refractivity contribution in [3.63, 3.8) is 0 Å². The summed E-state index contributed by atoms with van der Waals surface area (Å²) < 4.78 is 5.09. The lowest BCUT2D eigenvalue weighted by atomic mass is 10.2. The van der Waals surface area contributed by atoms with Crippen LogP contribution in [0.25, 0.3) is 0 Å². The minimum atomic E-state index is -0.351. The summed E-state index contributed by atoms with van der Waals surface area (Å²) in [7, 11) is 0. The van der Waals surface area contributed by atoms with Gasteiger partial charge in [-0.15, -0.1) is 22.7 Å². The van der Waals surface area contributed by atoms with E-state index in [0.717, 1.165) is 10.4 Å². The number of furan rings is 1. The number of nitrogens with one attached hydrogen (secondary N) is 1. The maximum Gasteiger partial charge on any atom is 0.291 e. The highest BCUT2D eigenvalue weighted by atomic mass is 32.1. The van der Waals surface area contributed by atoms with Gasteiger partial charge in [-0.05, 0) is 42.1 Å². The van der Waals surface area contributed by atoms with Crippen molar-refractivity contribution in [1.29, 1.82) is 0 Å². The van der Waals surface area contributed by atoms with Gasteiger partial charge in [0.25, 0.3) is 17.7 Å². The fourth-order valence-electron chi connectivity index (χ4n) is 3.15. The number of hydrogen-bond donors (Lipinski definition) is 1. The van der Waals surface area contributed by atoms with Gasteiger partial charge in [-0.1, -0.05) is 6.07 Å². The van der Waals surface area contributed by atoms with Gasteiger partial charge < -0.3 is 19.5 Å². The van der Waals surface area contributed by atoms with Crippen molar-refractivity contribution in [2.75, 3.05) is 31.5 Å². The minimum Gasteiger partial charge on any atom is -0.459 e. The Morgan fingerprint density at radius 3 is 2.38 bits per heavy atom. The summed E-state index contributed by atoms with van der Waals surface area (Å²) in [6.07, 6.45) is 1.44. The first-order chi connectivity index (χ1) is 14.0. The third-order valence-electron chi connectivity index (χ3n) is 4.68. The smallest absolute Gasteiger partial charge is 0.291 e. The number of carbonyl (C=O) groups is 3. The lowest BCUT2D eigenvalue weighted by Gasteiger charge is -2.34. The molecule has 0 aromatic carbocycles. The molecule has 1 aliphatic rings. The number of aryl methyl sites for hydroxylation is 1. The Kier molecular flexibility index (Phi) is 5.50. The maximum atomic E-state index is 13.0. The topological polar surface area (TPSA) is 82.9 Å². The summed E-state index contributed by atoms with van der Waals surface area (Å²) in [5.41, 5.74) is 0.812. The average molecular weight is 430 g/mol. The zero-order chi connectivity index (χ0) is 20.4. The molecule has 3 aromatic rings.